The summed E-state index contributed by atoms with van der Waals surface area (Å²) in [6, 6.07) is 10.2. The second kappa shape index (κ2) is 11.4. The van der Waals surface area contributed by atoms with Gasteiger partial charge in [0.05, 0.1) is 20.8 Å². The molecule has 164 valence electrons. The van der Waals surface area contributed by atoms with E-state index < -0.39 is 11.9 Å². The van der Waals surface area contributed by atoms with Gasteiger partial charge in [-0.3, -0.25) is 9.59 Å². The fourth-order valence-electron chi connectivity index (χ4n) is 2.61. The standard InChI is InChI=1S/C23H24O8/c1-15(24)30-19-8-5-17(6-9-19)11-12-29-22(26)10-7-18-13-20(27-3)23(31-16(2)25)21(14-18)28-4/h5-10,13-14H,11-12H2,1-4H3. The third kappa shape index (κ3) is 7.50. The summed E-state index contributed by atoms with van der Waals surface area (Å²) in [4.78, 5) is 34.2. The Morgan fingerprint density at radius 1 is 0.871 bits per heavy atom. The van der Waals surface area contributed by atoms with Gasteiger partial charge in [-0.25, -0.2) is 4.79 Å². The molecule has 2 rings (SSSR count). The van der Waals surface area contributed by atoms with Crippen molar-refractivity contribution in [2.45, 2.75) is 20.3 Å². The lowest BCUT2D eigenvalue weighted by Crippen LogP contribution is -2.06. The van der Waals surface area contributed by atoms with Crippen LogP contribution >= 0.6 is 0 Å². The van der Waals surface area contributed by atoms with Crippen molar-refractivity contribution >= 4 is 24.0 Å². The maximum Gasteiger partial charge on any atom is 0.330 e. The summed E-state index contributed by atoms with van der Waals surface area (Å²) in [7, 11) is 2.87. The highest BCUT2D eigenvalue weighted by Crippen LogP contribution is 2.39. The lowest BCUT2D eigenvalue weighted by Gasteiger charge is -2.13. The molecule has 8 nitrogen and oxygen atoms in total. The Kier molecular flexibility index (Phi) is 8.63. The van der Waals surface area contributed by atoms with E-state index >= 15 is 0 Å². The molecular weight excluding hydrogens is 404 g/mol. The summed E-state index contributed by atoms with van der Waals surface area (Å²) in [5, 5.41) is 0. The lowest BCUT2D eigenvalue weighted by atomic mass is 10.1. The molecule has 0 heterocycles. The van der Waals surface area contributed by atoms with Gasteiger partial charge < -0.3 is 23.7 Å². The number of ether oxygens (including phenoxy) is 5. The number of carbonyl (C=O) groups excluding carboxylic acids is 3. The van der Waals surface area contributed by atoms with E-state index in [2.05, 4.69) is 0 Å². The SMILES string of the molecule is COc1cc(C=CC(=O)OCCc2ccc(OC(C)=O)cc2)cc(OC)c1OC(C)=O. The van der Waals surface area contributed by atoms with Crippen molar-refractivity contribution in [3.05, 3.63) is 53.6 Å². The monoisotopic (exact) mass is 428 g/mol. The number of methoxy groups -OCH3 is 2. The Hall–Kier alpha value is -3.81. The zero-order chi connectivity index (χ0) is 22.8. The van der Waals surface area contributed by atoms with Gasteiger partial charge in [0, 0.05) is 26.3 Å². The highest BCUT2D eigenvalue weighted by molar-refractivity contribution is 5.87. The minimum absolute atomic E-state index is 0.164. The summed E-state index contributed by atoms with van der Waals surface area (Å²) >= 11 is 0. The first-order chi connectivity index (χ1) is 14.8. The molecule has 0 unspecified atom stereocenters. The quantitative estimate of drug-likeness (QED) is 0.341. The first-order valence-corrected chi connectivity index (χ1v) is 9.39. The highest BCUT2D eigenvalue weighted by Gasteiger charge is 2.15. The van der Waals surface area contributed by atoms with Crippen LogP contribution in [0.15, 0.2) is 42.5 Å². The van der Waals surface area contributed by atoms with E-state index in [0.717, 1.165) is 5.56 Å². The van der Waals surface area contributed by atoms with Crippen molar-refractivity contribution in [1.29, 1.82) is 0 Å². The molecule has 0 saturated carbocycles. The van der Waals surface area contributed by atoms with E-state index in [-0.39, 0.29) is 18.3 Å². The summed E-state index contributed by atoms with van der Waals surface area (Å²) in [5.41, 5.74) is 1.53. The molecule has 2 aromatic carbocycles. The topological polar surface area (TPSA) is 97.4 Å². The molecule has 0 aliphatic carbocycles. The van der Waals surface area contributed by atoms with Crippen molar-refractivity contribution < 1.29 is 38.1 Å². The Morgan fingerprint density at radius 3 is 1.97 bits per heavy atom. The number of carbonyl (C=O) groups is 3. The van der Waals surface area contributed by atoms with E-state index in [4.69, 9.17) is 23.7 Å². The highest BCUT2D eigenvalue weighted by atomic mass is 16.6. The first-order valence-electron chi connectivity index (χ1n) is 9.39. The van der Waals surface area contributed by atoms with Crippen LogP contribution in [0.2, 0.25) is 0 Å². The van der Waals surface area contributed by atoms with Crippen LogP contribution in [-0.2, 0) is 25.5 Å². The van der Waals surface area contributed by atoms with Crippen LogP contribution in [0.25, 0.3) is 6.08 Å². The zero-order valence-electron chi connectivity index (χ0n) is 17.8. The van der Waals surface area contributed by atoms with Crippen LogP contribution in [-0.4, -0.2) is 38.7 Å². The van der Waals surface area contributed by atoms with E-state index in [0.29, 0.717) is 29.2 Å². The fourth-order valence-corrected chi connectivity index (χ4v) is 2.61. The molecule has 0 radical (unpaired) electrons. The van der Waals surface area contributed by atoms with Gasteiger partial charge in [0.1, 0.15) is 5.75 Å². The molecule has 0 fully saturated rings. The lowest BCUT2D eigenvalue weighted by molar-refractivity contribution is -0.137. The number of esters is 3. The van der Waals surface area contributed by atoms with Gasteiger partial charge in [-0.2, -0.15) is 0 Å². The molecule has 0 saturated heterocycles. The van der Waals surface area contributed by atoms with Crippen LogP contribution < -0.4 is 18.9 Å². The summed E-state index contributed by atoms with van der Waals surface area (Å²) in [6.07, 6.45) is 3.33. The third-order valence-corrected chi connectivity index (χ3v) is 3.96. The normalized spacial score (nSPS) is 10.5. The maximum absolute atomic E-state index is 12.0. The van der Waals surface area contributed by atoms with E-state index in [9.17, 15) is 14.4 Å². The fraction of sp³-hybridized carbons (Fsp3) is 0.261. The maximum atomic E-state index is 12.0. The van der Waals surface area contributed by atoms with E-state index in [1.54, 1.807) is 42.5 Å². The Balaban J connectivity index is 1.95. The molecule has 8 heteroatoms. The summed E-state index contributed by atoms with van der Waals surface area (Å²) in [5.74, 6) is -0.203. The largest absolute Gasteiger partial charge is 0.493 e. The van der Waals surface area contributed by atoms with Gasteiger partial charge >= 0.3 is 17.9 Å². The van der Waals surface area contributed by atoms with Gasteiger partial charge in [-0.1, -0.05) is 12.1 Å². The second-order valence-electron chi connectivity index (χ2n) is 6.34. The smallest absolute Gasteiger partial charge is 0.330 e. The molecule has 0 bridgehead atoms. The minimum Gasteiger partial charge on any atom is -0.493 e. The van der Waals surface area contributed by atoms with Crippen LogP contribution in [0.3, 0.4) is 0 Å². The average molecular weight is 428 g/mol. The van der Waals surface area contributed by atoms with Gasteiger partial charge in [0.15, 0.2) is 11.5 Å². The Morgan fingerprint density at radius 2 is 1.45 bits per heavy atom. The number of benzene rings is 2. The average Bonchev–Trinajstić information content (AvgIpc) is 2.73. The van der Waals surface area contributed by atoms with Crippen molar-refractivity contribution in [2.24, 2.45) is 0 Å². The predicted molar refractivity (Wildman–Crippen MR) is 112 cm³/mol. The number of hydrogen-bond acceptors (Lipinski definition) is 8. The summed E-state index contributed by atoms with van der Waals surface area (Å²) < 4.78 is 25.8. The molecule has 0 amide bonds. The molecule has 2 aromatic rings. The molecule has 0 aliphatic heterocycles. The van der Waals surface area contributed by atoms with E-state index in [1.165, 1.54) is 34.1 Å². The molecule has 0 aromatic heterocycles. The van der Waals surface area contributed by atoms with Crippen LogP contribution in [0, 0.1) is 0 Å². The van der Waals surface area contributed by atoms with Gasteiger partial charge in [0.2, 0.25) is 5.75 Å². The molecule has 0 atom stereocenters. The van der Waals surface area contributed by atoms with Crippen LogP contribution in [0.1, 0.15) is 25.0 Å². The van der Waals surface area contributed by atoms with Crippen molar-refractivity contribution in [2.75, 3.05) is 20.8 Å². The van der Waals surface area contributed by atoms with Crippen molar-refractivity contribution in [3.63, 3.8) is 0 Å². The van der Waals surface area contributed by atoms with E-state index in [1.807, 2.05) is 0 Å². The summed E-state index contributed by atoms with van der Waals surface area (Å²) in [6.45, 7) is 2.80. The van der Waals surface area contributed by atoms with Gasteiger partial charge in [0.25, 0.3) is 0 Å². The van der Waals surface area contributed by atoms with Crippen molar-refractivity contribution in [1.82, 2.24) is 0 Å². The molecule has 31 heavy (non-hydrogen) atoms. The number of rotatable bonds is 9. The third-order valence-electron chi connectivity index (χ3n) is 3.96. The predicted octanol–water partition coefficient (Wildman–Crippen LogP) is 3.35. The second-order valence-corrected chi connectivity index (χ2v) is 6.34. The van der Waals surface area contributed by atoms with Crippen LogP contribution in [0.5, 0.6) is 23.0 Å². The van der Waals surface area contributed by atoms with Gasteiger partial charge in [-0.05, 0) is 41.5 Å². The van der Waals surface area contributed by atoms with Gasteiger partial charge in [-0.15, -0.1) is 0 Å². The first kappa shape index (κ1) is 23.5. The Bertz CT molecular complexity index is 935. The minimum atomic E-state index is -0.515. The number of hydrogen-bond donors (Lipinski definition) is 0. The van der Waals surface area contributed by atoms with Crippen LogP contribution in [0.4, 0.5) is 0 Å². The molecular formula is C23H24O8. The van der Waals surface area contributed by atoms with Crippen molar-refractivity contribution in [3.8, 4) is 23.0 Å². The molecule has 0 aliphatic rings. The molecule has 0 N–H and O–H groups in total. The molecule has 0 spiro atoms. The zero-order valence-corrected chi connectivity index (χ0v) is 17.8. The Labute approximate surface area is 180 Å².